The summed E-state index contributed by atoms with van der Waals surface area (Å²) in [6.45, 7) is 0. The number of nitrogens with one attached hydrogen (secondary N) is 1. The number of carboxylic acid groups (broad SMARTS) is 1. The quantitative estimate of drug-likeness (QED) is 0.430. The lowest BCUT2D eigenvalue weighted by molar-refractivity contribution is -0.386. The maximum atomic E-state index is 11.9. The molecule has 0 fully saturated rings. The van der Waals surface area contributed by atoms with E-state index in [9.17, 15) is 24.8 Å². The first kappa shape index (κ1) is 16.5. The molecule has 1 aromatic heterocycles. The molecule has 0 aliphatic heterocycles. The number of carboxylic acids is 1. The van der Waals surface area contributed by atoms with Gasteiger partial charge in [0.05, 0.1) is 10.9 Å². The van der Waals surface area contributed by atoms with Crippen LogP contribution in [0.25, 0.3) is 11.0 Å². The molecule has 0 saturated carbocycles. The molecule has 126 valence electrons. The highest BCUT2D eigenvalue weighted by Crippen LogP contribution is 2.33. The molecule has 0 saturated heterocycles. The molecule has 25 heavy (non-hydrogen) atoms. The van der Waals surface area contributed by atoms with Crippen molar-refractivity contribution in [1.29, 1.82) is 0 Å². The summed E-state index contributed by atoms with van der Waals surface area (Å²) in [5.74, 6) is -1.50. The van der Waals surface area contributed by atoms with Crippen molar-refractivity contribution in [2.45, 2.75) is 0 Å². The van der Waals surface area contributed by atoms with Gasteiger partial charge in [0.15, 0.2) is 0 Å². The van der Waals surface area contributed by atoms with Gasteiger partial charge in [-0.05, 0) is 30.3 Å². The predicted octanol–water partition coefficient (Wildman–Crippen LogP) is 2.46. The van der Waals surface area contributed by atoms with Gasteiger partial charge < -0.3 is 19.6 Å². The Bertz CT molecular complexity index is 1080. The highest BCUT2D eigenvalue weighted by atomic mass is 35.5. The van der Waals surface area contributed by atoms with Crippen molar-refractivity contribution in [1.82, 2.24) is 0 Å². The molecule has 0 unspecified atom stereocenters. The molecule has 2 aromatic carbocycles. The Hall–Kier alpha value is -3.39. The summed E-state index contributed by atoms with van der Waals surface area (Å²) in [5, 5.41) is 25.3. The average Bonchev–Trinajstić information content (AvgIpc) is 2.55. The third kappa shape index (κ3) is 3.02. The van der Waals surface area contributed by atoms with Crippen molar-refractivity contribution >= 4 is 45.6 Å². The van der Waals surface area contributed by atoms with Crippen LogP contribution >= 0.6 is 11.6 Å². The Morgan fingerprint density at radius 1 is 1.20 bits per heavy atom. The molecular weight excluding hydrogens is 352 g/mol. The lowest BCUT2D eigenvalue weighted by Gasteiger charge is -2.12. The largest absolute Gasteiger partial charge is 0.545 e. The SMILES string of the molecule is O=C([O-])c1cc(Nc2c([N+](=O)[O-])c(=O)oc3ccccc23)ccc1Cl. The Morgan fingerprint density at radius 2 is 1.92 bits per heavy atom. The number of carbonyl (C=O) groups is 1. The zero-order valence-electron chi connectivity index (χ0n) is 12.3. The van der Waals surface area contributed by atoms with Gasteiger partial charge >= 0.3 is 11.3 Å². The van der Waals surface area contributed by atoms with Gasteiger partial charge in [-0.1, -0.05) is 23.7 Å². The van der Waals surface area contributed by atoms with Gasteiger partial charge in [-0.2, -0.15) is 0 Å². The summed E-state index contributed by atoms with van der Waals surface area (Å²) in [4.78, 5) is 33.4. The minimum absolute atomic E-state index is 0.0440. The minimum atomic E-state index is -1.50. The van der Waals surface area contributed by atoms with Crippen LogP contribution in [0.4, 0.5) is 17.1 Å². The number of nitro groups is 1. The zero-order valence-corrected chi connectivity index (χ0v) is 13.1. The molecule has 0 bridgehead atoms. The Balaban J connectivity index is 2.23. The third-order valence-electron chi connectivity index (χ3n) is 3.43. The molecule has 1 N–H and O–H groups in total. The molecule has 0 radical (unpaired) electrons. The number of hydrogen-bond donors (Lipinski definition) is 1. The molecule has 0 spiro atoms. The first-order chi connectivity index (χ1) is 11.9. The van der Waals surface area contributed by atoms with E-state index < -0.39 is 22.2 Å². The number of para-hydroxylation sites is 1. The molecule has 3 aromatic rings. The highest BCUT2D eigenvalue weighted by molar-refractivity contribution is 6.33. The summed E-state index contributed by atoms with van der Waals surface area (Å²) >= 11 is 5.77. The van der Waals surface area contributed by atoms with Crippen molar-refractivity contribution in [2.24, 2.45) is 0 Å². The third-order valence-corrected chi connectivity index (χ3v) is 3.76. The van der Waals surface area contributed by atoms with E-state index >= 15 is 0 Å². The van der Waals surface area contributed by atoms with E-state index in [1.54, 1.807) is 12.1 Å². The Labute approximate surface area is 144 Å². The number of rotatable bonds is 4. The summed E-state index contributed by atoms with van der Waals surface area (Å²) in [6.07, 6.45) is 0. The number of aromatic carboxylic acids is 1. The second kappa shape index (κ2) is 6.25. The van der Waals surface area contributed by atoms with Gasteiger partial charge in [-0.25, -0.2) is 4.79 Å². The number of carbonyl (C=O) groups excluding carboxylic acids is 1. The van der Waals surface area contributed by atoms with E-state index in [1.807, 2.05) is 0 Å². The second-order valence-corrected chi connectivity index (χ2v) is 5.38. The van der Waals surface area contributed by atoms with Gasteiger partial charge in [0, 0.05) is 21.7 Å². The van der Waals surface area contributed by atoms with Crippen LogP contribution in [-0.2, 0) is 0 Å². The second-order valence-electron chi connectivity index (χ2n) is 4.97. The average molecular weight is 360 g/mol. The van der Waals surface area contributed by atoms with Crippen LogP contribution in [0, 0.1) is 10.1 Å². The van der Waals surface area contributed by atoms with Gasteiger partial charge in [0.25, 0.3) is 0 Å². The predicted molar refractivity (Wildman–Crippen MR) is 88.2 cm³/mol. The van der Waals surface area contributed by atoms with E-state index in [0.29, 0.717) is 5.39 Å². The number of halogens is 1. The smallest absolute Gasteiger partial charge is 0.417 e. The maximum Gasteiger partial charge on any atom is 0.417 e. The van der Waals surface area contributed by atoms with E-state index in [4.69, 9.17) is 16.0 Å². The number of hydrogen-bond acceptors (Lipinski definition) is 7. The fraction of sp³-hybridized carbons (Fsp3) is 0. The molecule has 8 nitrogen and oxygen atoms in total. The van der Waals surface area contributed by atoms with E-state index in [0.717, 1.165) is 6.07 Å². The molecule has 1 heterocycles. The van der Waals surface area contributed by atoms with Crippen molar-refractivity contribution in [2.75, 3.05) is 5.32 Å². The molecule has 9 heteroatoms. The molecule has 0 amide bonds. The van der Waals surface area contributed by atoms with Crippen LogP contribution < -0.4 is 16.0 Å². The van der Waals surface area contributed by atoms with Crippen molar-refractivity contribution in [3.63, 3.8) is 0 Å². The Morgan fingerprint density at radius 3 is 2.60 bits per heavy atom. The summed E-state index contributed by atoms with van der Waals surface area (Å²) in [7, 11) is 0. The van der Waals surface area contributed by atoms with Gasteiger partial charge in [-0.15, -0.1) is 0 Å². The van der Waals surface area contributed by atoms with Crippen molar-refractivity contribution < 1.29 is 19.2 Å². The standard InChI is InChI=1S/C16H9ClN2O6/c17-11-6-5-8(7-10(11)15(20)21)18-13-9-3-1-2-4-12(9)25-16(22)14(13)19(23)24/h1-7,18H,(H,20,21)/p-1. The lowest BCUT2D eigenvalue weighted by Crippen LogP contribution is -2.22. The number of nitrogens with zero attached hydrogens (tertiary/aromatic N) is 1. The number of anilines is 2. The fourth-order valence-corrected chi connectivity index (χ4v) is 2.53. The van der Waals surface area contributed by atoms with E-state index in [2.05, 4.69) is 5.32 Å². The van der Waals surface area contributed by atoms with E-state index in [1.165, 1.54) is 24.3 Å². The van der Waals surface area contributed by atoms with Crippen LogP contribution in [0.3, 0.4) is 0 Å². The minimum Gasteiger partial charge on any atom is -0.545 e. The van der Waals surface area contributed by atoms with Gasteiger partial charge in [0.1, 0.15) is 11.3 Å². The van der Waals surface area contributed by atoms with Crippen LogP contribution in [0.5, 0.6) is 0 Å². The van der Waals surface area contributed by atoms with Crippen molar-refractivity contribution in [3.05, 3.63) is 73.6 Å². The highest BCUT2D eigenvalue weighted by Gasteiger charge is 2.25. The van der Waals surface area contributed by atoms with Crippen LogP contribution in [0.15, 0.2) is 51.7 Å². The van der Waals surface area contributed by atoms with Gasteiger partial charge in [0.2, 0.25) is 0 Å². The Kier molecular flexibility index (Phi) is 4.12. The van der Waals surface area contributed by atoms with Crippen LogP contribution in [0.2, 0.25) is 5.02 Å². The van der Waals surface area contributed by atoms with E-state index in [-0.39, 0.29) is 27.5 Å². The first-order valence-electron chi connectivity index (χ1n) is 6.86. The fourth-order valence-electron chi connectivity index (χ4n) is 2.34. The van der Waals surface area contributed by atoms with Crippen LogP contribution in [0.1, 0.15) is 10.4 Å². The monoisotopic (exact) mass is 359 g/mol. The maximum absolute atomic E-state index is 11.9. The number of fused-ring (bicyclic) bond motifs is 1. The molecule has 0 aliphatic rings. The molecular formula is C16H8ClN2O6-. The molecule has 3 rings (SSSR count). The normalized spacial score (nSPS) is 10.6. The molecule has 0 aliphatic carbocycles. The summed E-state index contributed by atoms with van der Waals surface area (Å²) in [5.41, 5.74) is -1.98. The lowest BCUT2D eigenvalue weighted by atomic mass is 10.1. The number of benzene rings is 2. The zero-order chi connectivity index (χ0) is 18.1. The summed E-state index contributed by atoms with van der Waals surface area (Å²) in [6, 6.07) is 10.1. The van der Waals surface area contributed by atoms with Gasteiger partial charge in [-0.3, -0.25) is 10.1 Å². The summed E-state index contributed by atoms with van der Waals surface area (Å²) < 4.78 is 4.95. The van der Waals surface area contributed by atoms with Crippen molar-refractivity contribution in [3.8, 4) is 0 Å². The molecule has 0 atom stereocenters. The first-order valence-corrected chi connectivity index (χ1v) is 7.24. The van der Waals surface area contributed by atoms with Crippen LogP contribution in [-0.4, -0.2) is 10.9 Å². The topological polar surface area (TPSA) is 126 Å².